The first-order valence-electron chi connectivity index (χ1n) is 5.83. The van der Waals surface area contributed by atoms with E-state index in [1.165, 1.54) is 7.11 Å². The van der Waals surface area contributed by atoms with Crippen molar-refractivity contribution in [1.29, 1.82) is 0 Å². The number of aromatic amines is 1. The summed E-state index contributed by atoms with van der Waals surface area (Å²) in [5.74, 6) is -1.50. The minimum Gasteiger partial charge on any atom is -0.481 e. The fourth-order valence-electron chi connectivity index (χ4n) is 1.97. The molecule has 2 aromatic rings. The summed E-state index contributed by atoms with van der Waals surface area (Å²) in [6.45, 7) is 1.96. The second-order valence-corrected chi connectivity index (χ2v) is 4.61. The first-order chi connectivity index (χ1) is 8.97. The molecular weight excluding hydrogens is 250 g/mol. The molecule has 1 unspecified atom stereocenters. The van der Waals surface area contributed by atoms with Crippen LogP contribution in [0.3, 0.4) is 0 Å². The first-order valence-corrected chi connectivity index (χ1v) is 5.83. The van der Waals surface area contributed by atoms with E-state index in [0.29, 0.717) is 29.7 Å². The van der Waals surface area contributed by atoms with Crippen LogP contribution in [0.2, 0.25) is 0 Å². The molecule has 0 bridgehead atoms. The Labute approximate surface area is 109 Å². The highest BCUT2D eigenvalue weighted by Crippen LogP contribution is 2.30. The normalized spacial score (nSPS) is 14.4. The Morgan fingerprint density at radius 3 is 2.89 bits per heavy atom. The van der Waals surface area contributed by atoms with Crippen LogP contribution in [-0.4, -0.2) is 29.8 Å². The summed E-state index contributed by atoms with van der Waals surface area (Å²) in [5.41, 5.74) is 0.396. The zero-order valence-corrected chi connectivity index (χ0v) is 10.7. The lowest BCUT2D eigenvalue weighted by Gasteiger charge is -2.24. The van der Waals surface area contributed by atoms with E-state index in [1.807, 2.05) is 0 Å². The molecule has 0 spiro atoms. The van der Waals surface area contributed by atoms with Gasteiger partial charge in [0.1, 0.15) is 0 Å². The fraction of sp³-hybridized carbons (Fsp3) is 0.385. The third kappa shape index (κ3) is 2.39. The Hall–Kier alpha value is -2.08. The van der Waals surface area contributed by atoms with E-state index in [9.17, 15) is 14.7 Å². The Kier molecular flexibility index (Phi) is 3.44. The predicted molar refractivity (Wildman–Crippen MR) is 68.3 cm³/mol. The molecule has 6 heteroatoms. The summed E-state index contributed by atoms with van der Waals surface area (Å²) in [5, 5.41) is 9.43. The molecule has 0 saturated carbocycles. The molecule has 6 nitrogen and oxygen atoms in total. The standard InChI is InChI=1S/C13H15NO5/c1-13(11(15)16,5-6-18-2)8-3-4-9-10(7-8)19-12(17)14-9/h3-4,7H,5-6H2,1-2H3,(H,14,17)(H,15,16). The van der Waals surface area contributed by atoms with E-state index in [4.69, 9.17) is 9.15 Å². The number of carboxylic acids is 1. The molecule has 1 aromatic heterocycles. The highest BCUT2D eigenvalue weighted by atomic mass is 16.5. The van der Waals surface area contributed by atoms with E-state index >= 15 is 0 Å². The van der Waals surface area contributed by atoms with Crippen LogP contribution in [0.25, 0.3) is 11.1 Å². The minimum absolute atomic E-state index is 0.331. The largest absolute Gasteiger partial charge is 0.481 e. The molecule has 0 fully saturated rings. The number of carbonyl (C=O) groups is 1. The molecule has 2 N–H and O–H groups in total. The number of fused-ring (bicyclic) bond motifs is 1. The van der Waals surface area contributed by atoms with Gasteiger partial charge < -0.3 is 14.3 Å². The number of H-pyrrole nitrogens is 1. The molecule has 0 aliphatic rings. The summed E-state index contributed by atoms with van der Waals surface area (Å²) < 4.78 is 9.91. The van der Waals surface area contributed by atoms with Crippen LogP contribution in [0, 0.1) is 0 Å². The second-order valence-electron chi connectivity index (χ2n) is 4.61. The van der Waals surface area contributed by atoms with Gasteiger partial charge in [0.15, 0.2) is 5.58 Å². The van der Waals surface area contributed by atoms with Gasteiger partial charge in [0.05, 0.1) is 10.9 Å². The summed E-state index contributed by atoms with van der Waals surface area (Å²) in [6.07, 6.45) is 0.332. The van der Waals surface area contributed by atoms with Crippen molar-refractivity contribution < 1.29 is 19.1 Å². The number of nitrogens with one attached hydrogen (secondary N) is 1. The molecule has 1 heterocycles. The first kappa shape index (κ1) is 13.4. The lowest BCUT2D eigenvalue weighted by atomic mass is 9.79. The van der Waals surface area contributed by atoms with Crippen LogP contribution in [0.4, 0.5) is 0 Å². The minimum atomic E-state index is -1.08. The van der Waals surface area contributed by atoms with E-state index in [-0.39, 0.29) is 0 Å². The molecular formula is C13H15NO5. The average molecular weight is 265 g/mol. The number of hydrogen-bond acceptors (Lipinski definition) is 4. The van der Waals surface area contributed by atoms with Crippen LogP contribution >= 0.6 is 0 Å². The van der Waals surface area contributed by atoms with E-state index in [2.05, 4.69) is 4.98 Å². The van der Waals surface area contributed by atoms with Gasteiger partial charge in [-0.25, -0.2) is 4.79 Å². The molecule has 2 rings (SSSR count). The van der Waals surface area contributed by atoms with E-state index in [1.54, 1.807) is 25.1 Å². The van der Waals surface area contributed by atoms with Gasteiger partial charge in [-0.3, -0.25) is 9.78 Å². The summed E-state index contributed by atoms with van der Waals surface area (Å²) in [4.78, 5) is 25.1. The lowest BCUT2D eigenvalue weighted by Crippen LogP contribution is -2.33. The number of oxazole rings is 1. The smallest absolute Gasteiger partial charge is 0.417 e. The Morgan fingerprint density at radius 2 is 2.26 bits per heavy atom. The maximum absolute atomic E-state index is 11.5. The van der Waals surface area contributed by atoms with Crippen molar-refractivity contribution in [3.8, 4) is 0 Å². The second kappa shape index (κ2) is 4.89. The molecule has 0 saturated heterocycles. The van der Waals surface area contributed by atoms with Gasteiger partial charge in [0, 0.05) is 13.7 Å². The van der Waals surface area contributed by atoms with Crippen molar-refractivity contribution in [3.05, 3.63) is 34.3 Å². The quantitative estimate of drug-likeness (QED) is 0.854. The van der Waals surface area contributed by atoms with Gasteiger partial charge in [0.2, 0.25) is 0 Å². The maximum atomic E-state index is 11.5. The van der Waals surface area contributed by atoms with Crippen LogP contribution in [-0.2, 0) is 14.9 Å². The maximum Gasteiger partial charge on any atom is 0.417 e. The van der Waals surface area contributed by atoms with Crippen molar-refractivity contribution in [2.45, 2.75) is 18.8 Å². The Morgan fingerprint density at radius 1 is 1.53 bits per heavy atom. The average Bonchev–Trinajstić information content (AvgIpc) is 2.74. The van der Waals surface area contributed by atoms with Crippen LogP contribution in [0.15, 0.2) is 27.4 Å². The number of aliphatic carboxylic acids is 1. The van der Waals surface area contributed by atoms with E-state index in [0.717, 1.165) is 0 Å². The van der Waals surface area contributed by atoms with Crippen molar-refractivity contribution in [1.82, 2.24) is 4.98 Å². The molecule has 19 heavy (non-hydrogen) atoms. The van der Waals surface area contributed by atoms with Gasteiger partial charge in [-0.2, -0.15) is 0 Å². The zero-order valence-electron chi connectivity index (χ0n) is 10.7. The molecule has 0 aliphatic carbocycles. The molecule has 0 aliphatic heterocycles. The van der Waals surface area contributed by atoms with Gasteiger partial charge in [-0.1, -0.05) is 6.07 Å². The molecule has 1 atom stereocenters. The highest BCUT2D eigenvalue weighted by Gasteiger charge is 2.35. The Bertz CT molecular complexity index is 656. The topological polar surface area (TPSA) is 92.5 Å². The van der Waals surface area contributed by atoms with Crippen molar-refractivity contribution in [2.24, 2.45) is 0 Å². The number of rotatable bonds is 5. The van der Waals surface area contributed by atoms with Crippen LogP contribution in [0.1, 0.15) is 18.9 Å². The third-order valence-electron chi connectivity index (χ3n) is 3.34. The molecule has 1 aromatic carbocycles. The summed E-state index contributed by atoms with van der Waals surface area (Å²) >= 11 is 0. The Balaban J connectivity index is 2.49. The number of benzene rings is 1. The highest BCUT2D eigenvalue weighted by molar-refractivity contribution is 5.83. The zero-order chi connectivity index (χ0) is 14.0. The van der Waals surface area contributed by atoms with Crippen molar-refractivity contribution >= 4 is 17.1 Å². The van der Waals surface area contributed by atoms with Gasteiger partial charge >= 0.3 is 11.7 Å². The van der Waals surface area contributed by atoms with Crippen LogP contribution < -0.4 is 5.76 Å². The predicted octanol–water partition coefficient (Wildman–Crippen LogP) is 1.50. The monoisotopic (exact) mass is 265 g/mol. The number of methoxy groups -OCH3 is 1. The van der Waals surface area contributed by atoms with Gasteiger partial charge in [0.25, 0.3) is 0 Å². The molecule has 0 radical (unpaired) electrons. The summed E-state index contributed by atoms with van der Waals surface area (Å²) in [7, 11) is 1.52. The number of ether oxygens (including phenoxy) is 1. The number of carboxylic acid groups (broad SMARTS) is 1. The lowest BCUT2D eigenvalue weighted by molar-refractivity contribution is -0.143. The van der Waals surface area contributed by atoms with Crippen molar-refractivity contribution in [3.63, 3.8) is 0 Å². The number of hydrogen-bond donors (Lipinski definition) is 2. The number of aromatic nitrogens is 1. The van der Waals surface area contributed by atoms with Gasteiger partial charge in [-0.05, 0) is 31.0 Å². The third-order valence-corrected chi connectivity index (χ3v) is 3.34. The van der Waals surface area contributed by atoms with Crippen LogP contribution in [0.5, 0.6) is 0 Å². The fourth-order valence-corrected chi connectivity index (χ4v) is 1.97. The van der Waals surface area contributed by atoms with Gasteiger partial charge in [-0.15, -0.1) is 0 Å². The summed E-state index contributed by atoms with van der Waals surface area (Å²) in [6, 6.07) is 4.90. The molecule has 102 valence electrons. The SMILES string of the molecule is COCCC(C)(C(=O)O)c1ccc2[nH]c(=O)oc2c1. The van der Waals surface area contributed by atoms with Crippen molar-refractivity contribution in [2.75, 3.05) is 13.7 Å². The van der Waals surface area contributed by atoms with E-state index < -0.39 is 17.1 Å². The molecule has 0 amide bonds.